The lowest BCUT2D eigenvalue weighted by atomic mass is 10.0. The molecule has 0 saturated heterocycles. The zero-order valence-electron chi connectivity index (χ0n) is 28.3. The highest BCUT2D eigenvalue weighted by Crippen LogP contribution is 2.41. The molecule has 7 aromatic carbocycles. The van der Waals surface area contributed by atoms with Gasteiger partial charge in [-0.2, -0.15) is 0 Å². The van der Waals surface area contributed by atoms with Crippen LogP contribution in [-0.4, -0.2) is 18.9 Å². The quantitative estimate of drug-likeness (QED) is 0.177. The zero-order chi connectivity index (χ0) is 34.4. The summed E-state index contributed by atoms with van der Waals surface area (Å²) >= 11 is 0. The lowest BCUT2D eigenvalue weighted by Crippen LogP contribution is -1.98. The molecule has 0 spiro atoms. The second kappa shape index (κ2) is 12.4. The molecule has 0 fully saturated rings. The fraction of sp³-hybridized carbons (Fsp3) is 0. The van der Waals surface area contributed by atoms with E-state index in [0.29, 0.717) is 5.82 Å². The van der Waals surface area contributed by atoms with Crippen LogP contribution < -0.4 is 0 Å². The molecular formula is C48H32N4. The Labute approximate surface area is 301 Å². The first-order chi connectivity index (χ1) is 25.8. The lowest BCUT2D eigenvalue weighted by Gasteiger charge is -2.13. The molecule has 10 rings (SSSR count). The summed E-state index contributed by atoms with van der Waals surface area (Å²) in [5.74, 6) is 0.698. The van der Waals surface area contributed by atoms with Gasteiger partial charge in [-0.3, -0.25) is 8.97 Å². The summed E-state index contributed by atoms with van der Waals surface area (Å²) in [7, 11) is 0. The largest absolute Gasteiger partial charge is 0.293 e. The van der Waals surface area contributed by atoms with Gasteiger partial charge in [-0.1, -0.05) is 158 Å². The van der Waals surface area contributed by atoms with Gasteiger partial charge >= 0.3 is 0 Å². The van der Waals surface area contributed by atoms with Crippen LogP contribution in [0.3, 0.4) is 0 Å². The van der Waals surface area contributed by atoms with Gasteiger partial charge in [0.05, 0.1) is 27.9 Å². The summed E-state index contributed by atoms with van der Waals surface area (Å²) in [5, 5.41) is 1.23. The van der Waals surface area contributed by atoms with Gasteiger partial charge in [0.15, 0.2) is 5.82 Å². The van der Waals surface area contributed by atoms with Gasteiger partial charge in [0.25, 0.3) is 0 Å². The van der Waals surface area contributed by atoms with Crippen LogP contribution in [0.25, 0.3) is 89.4 Å². The number of hydrogen-bond donors (Lipinski definition) is 0. The van der Waals surface area contributed by atoms with Crippen molar-refractivity contribution >= 4 is 27.6 Å². The standard InChI is InChI=1S/C48H32N4/c1-4-15-33(16-5-1)34-27-29-35(30-28-34)41-32-42(50-47(49-41)37-19-8-3-9-20-37)38-21-14-22-39(31-38)51-44-25-12-13-26-45(44)52-43-24-11-10-23-40(43)46(48(51)52)36-17-6-2-7-18-36/h1-32H. The van der Waals surface area contributed by atoms with Crippen molar-refractivity contribution in [3.05, 3.63) is 194 Å². The molecule has 0 saturated carbocycles. The Morgan fingerprint density at radius 2 is 0.865 bits per heavy atom. The van der Waals surface area contributed by atoms with E-state index in [2.05, 4.69) is 179 Å². The van der Waals surface area contributed by atoms with Crippen LogP contribution in [0.15, 0.2) is 194 Å². The van der Waals surface area contributed by atoms with Gasteiger partial charge in [0.1, 0.15) is 5.65 Å². The molecule has 0 aliphatic heterocycles. The van der Waals surface area contributed by atoms with Gasteiger partial charge in [0, 0.05) is 33.3 Å². The maximum absolute atomic E-state index is 5.19. The third-order valence-electron chi connectivity index (χ3n) is 9.93. The SMILES string of the molecule is c1ccc(-c2ccc(-c3cc(-c4cccc(-n5c6ccccc6n6c7ccccc7c(-c7ccccc7)c56)c4)nc(-c4ccccc4)n3)cc2)cc1. The van der Waals surface area contributed by atoms with E-state index in [0.717, 1.165) is 50.4 Å². The lowest BCUT2D eigenvalue weighted by molar-refractivity contribution is 1.14. The molecule has 0 atom stereocenters. The third-order valence-corrected chi connectivity index (χ3v) is 9.93. The Morgan fingerprint density at radius 3 is 1.58 bits per heavy atom. The van der Waals surface area contributed by atoms with E-state index in [1.165, 1.54) is 33.2 Å². The Bertz CT molecular complexity index is 2870. The molecule has 0 N–H and O–H groups in total. The Kier molecular flexibility index (Phi) is 7.10. The number of benzene rings is 7. The van der Waals surface area contributed by atoms with Crippen LogP contribution in [0, 0.1) is 0 Å². The van der Waals surface area contributed by atoms with Crippen molar-refractivity contribution in [3.63, 3.8) is 0 Å². The maximum atomic E-state index is 5.19. The maximum Gasteiger partial charge on any atom is 0.160 e. The van der Waals surface area contributed by atoms with Gasteiger partial charge in [-0.25, -0.2) is 9.97 Å². The number of rotatable bonds is 6. The average Bonchev–Trinajstić information content (AvgIpc) is 3.74. The van der Waals surface area contributed by atoms with Gasteiger partial charge in [-0.15, -0.1) is 0 Å². The normalized spacial score (nSPS) is 11.5. The molecule has 4 heteroatoms. The fourth-order valence-electron chi connectivity index (χ4n) is 7.52. The highest BCUT2D eigenvalue weighted by molar-refractivity contribution is 6.09. The summed E-state index contributed by atoms with van der Waals surface area (Å²) in [5.41, 5.74) is 15.3. The molecule has 4 nitrogen and oxygen atoms in total. The van der Waals surface area contributed by atoms with Crippen LogP contribution in [0.2, 0.25) is 0 Å². The van der Waals surface area contributed by atoms with Gasteiger partial charge < -0.3 is 0 Å². The monoisotopic (exact) mass is 664 g/mol. The van der Waals surface area contributed by atoms with Crippen molar-refractivity contribution in [2.24, 2.45) is 0 Å². The Balaban J connectivity index is 1.18. The second-order valence-electron chi connectivity index (χ2n) is 13.1. The first-order valence-electron chi connectivity index (χ1n) is 17.6. The minimum atomic E-state index is 0.698. The third kappa shape index (κ3) is 5.00. The molecule has 0 radical (unpaired) electrons. The molecule has 0 bridgehead atoms. The van der Waals surface area contributed by atoms with Gasteiger partial charge in [-0.05, 0) is 53.1 Å². The van der Waals surface area contributed by atoms with Crippen molar-refractivity contribution in [2.45, 2.75) is 0 Å². The van der Waals surface area contributed by atoms with Crippen LogP contribution >= 0.6 is 0 Å². The van der Waals surface area contributed by atoms with Crippen LogP contribution in [0.4, 0.5) is 0 Å². The van der Waals surface area contributed by atoms with Crippen molar-refractivity contribution in [1.29, 1.82) is 0 Å². The molecule has 0 aliphatic rings. The first kappa shape index (κ1) is 29.8. The first-order valence-corrected chi connectivity index (χ1v) is 17.6. The smallest absolute Gasteiger partial charge is 0.160 e. The summed E-state index contributed by atoms with van der Waals surface area (Å²) in [6.45, 7) is 0. The molecule has 244 valence electrons. The highest BCUT2D eigenvalue weighted by Gasteiger charge is 2.22. The van der Waals surface area contributed by atoms with E-state index in [1.807, 2.05) is 24.3 Å². The van der Waals surface area contributed by atoms with E-state index >= 15 is 0 Å². The number of fused-ring (bicyclic) bond motifs is 5. The number of hydrogen-bond acceptors (Lipinski definition) is 2. The number of nitrogens with zero attached hydrogens (tertiary/aromatic N) is 4. The van der Waals surface area contributed by atoms with Crippen molar-refractivity contribution in [3.8, 4) is 61.8 Å². The molecular weight excluding hydrogens is 633 g/mol. The average molecular weight is 665 g/mol. The predicted octanol–water partition coefficient (Wildman–Crippen LogP) is 12.2. The van der Waals surface area contributed by atoms with Crippen LogP contribution in [0.5, 0.6) is 0 Å². The van der Waals surface area contributed by atoms with E-state index < -0.39 is 0 Å². The molecule has 0 amide bonds. The highest BCUT2D eigenvalue weighted by atomic mass is 15.1. The fourth-order valence-corrected chi connectivity index (χ4v) is 7.52. The molecule has 3 heterocycles. The topological polar surface area (TPSA) is 35.1 Å². The van der Waals surface area contributed by atoms with Crippen molar-refractivity contribution in [2.75, 3.05) is 0 Å². The van der Waals surface area contributed by atoms with Crippen LogP contribution in [0.1, 0.15) is 0 Å². The van der Waals surface area contributed by atoms with Crippen LogP contribution in [-0.2, 0) is 0 Å². The van der Waals surface area contributed by atoms with E-state index in [1.54, 1.807) is 0 Å². The molecule has 3 aromatic heterocycles. The summed E-state index contributed by atoms with van der Waals surface area (Å²) in [4.78, 5) is 10.3. The molecule has 0 unspecified atom stereocenters. The van der Waals surface area contributed by atoms with E-state index in [9.17, 15) is 0 Å². The molecule has 0 aliphatic carbocycles. The summed E-state index contributed by atoms with van der Waals surface area (Å²) in [6, 6.07) is 68.4. The van der Waals surface area contributed by atoms with Crippen molar-refractivity contribution < 1.29 is 0 Å². The second-order valence-corrected chi connectivity index (χ2v) is 13.1. The van der Waals surface area contributed by atoms with E-state index in [4.69, 9.17) is 9.97 Å². The van der Waals surface area contributed by atoms with Gasteiger partial charge in [0.2, 0.25) is 0 Å². The predicted molar refractivity (Wildman–Crippen MR) is 215 cm³/mol. The number of imidazole rings is 1. The number of para-hydroxylation sites is 3. The summed E-state index contributed by atoms with van der Waals surface area (Å²) in [6.07, 6.45) is 0. The Morgan fingerprint density at radius 1 is 0.346 bits per heavy atom. The molecule has 52 heavy (non-hydrogen) atoms. The minimum absolute atomic E-state index is 0.698. The van der Waals surface area contributed by atoms with Crippen molar-refractivity contribution in [1.82, 2.24) is 18.9 Å². The summed E-state index contributed by atoms with van der Waals surface area (Å²) < 4.78 is 4.82. The minimum Gasteiger partial charge on any atom is -0.293 e. The molecule has 10 aromatic rings. The van der Waals surface area contributed by atoms with E-state index in [-0.39, 0.29) is 0 Å². The number of aromatic nitrogens is 4. The Hall–Kier alpha value is -7.04. The zero-order valence-corrected chi connectivity index (χ0v) is 28.3.